The molecule has 0 atom stereocenters. The molecule has 24 heavy (non-hydrogen) atoms. The average Bonchev–Trinajstić information content (AvgIpc) is 3.14. The highest BCUT2D eigenvalue weighted by molar-refractivity contribution is 7.14. The maximum atomic E-state index is 12.6. The number of amides is 1. The van der Waals surface area contributed by atoms with Crippen LogP contribution in [0.3, 0.4) is 0 Å². The SMILES string of the molecule is Cc1ccc(CNC(=O)c2cc(=O)sc3nc4ccccc4n23)o1. The third-order valence-corrected chi connectivity index (χ3v) is 4.44. The summed E-state index contributed by atoms with van der Waals surface area (Å²) in [5, 5.41) is 2.79. The standard InChI is InChI=1S/C17H13N3O3S/c1-10-6-7-11(23-10)9-18-16(22)14-8-15(21)24-17-19-12-4-2-3-5-13(12)20(14)17/h2-8H,9H2,1H3,(H,18,22). The number of nitrogens with zero attached hydrogens (tertiary/aromatic N) is 2. The van der Waals surface area contributed by atoms with Crippen molar-refractivity contribution in [1.82, 2.24) is 14.7 Å². The average molecular weight is 339 g/mol. The topological polar surface area (TPSA) is 76.6 Å². The number of aromatic nitrogens is 2. The monoisotopic (exact) mass is 339 g/mol. The third kappa shape index (κ3) is 2.48. The van der Waals surface area contributed by atoms with Crippen molar-refractivity contribution in [2.45, 2.75) is 13.5 Å². The van der Waals surface area contributed by atoms with Gasteiger partial charge in [0.1, 0.15) is 17.2 Å². The first-order valence-corrected chi connectivity index (χ1v) is 8.18. The third-order valence-electron chi connectivity index (χ3n) is 3.67. The highest BCUT2D eigenvalue weighted by Gasteiger charge is 2.16. The molecule has 3 aromatic heterocycles. The molecule has 7 heteroatoms. The molecule has 3 heterocycles. The van der Waals surface area contributed by atoms with Crippen LogP contribution in [-0.2, 0) is 6.54 Å². The fraction of sp³-hybridized carbons (Fsp3) is 0.118. The fourth-order valence-corrected chi connectivity index (χ4v) is 3.39. The zero-order valence-corrected chi connectivity index (χ0v) is 13.6. The number of rotatable bonds is 3. The summed E-state index contributed by atoms with van der Waals surface area (Å²) >= 11 is 1.01. The number of carbonyl (C=O) groups is 1. The van der Waals surface area contributed by atoms with E-state index in [1.807, 2.05) is 43.3 Å². The van der Waals surface area contributed by atoms with E-state index in [1.165, 1.54) is 6.07 Å². The van der Waals surface area contributed by atoms with Gasteiger partial charge < -0.3 is 9.73 Å². The zero-order valence-electron chi connectivity index (χ0n) is 12.8. The van der Waals surface area contributed by atoms with Crippen LogP contribution in [0.4, 0.5) is 0 Å². The molecule has 6 nitrogen and oxygen atoms in total. The molecule has 0 unspecified atom stereocenters. The molecule has 4 rings (SSSR count). The molecule has 0 radical (unpaired) electrons. The lowest BCUT2D eigenvalue weighted by molar-refractivity contribution is 0.0942. The molecule has 4 aromatic rings. The lowest BCUT2D eigenvalue weighted by atomic mass is 10.3. The van der Waals surface area contributed by atoms with E-state index in [1.54, 1.807) is 4.40 Å². The molecule has 120 valence electrons. The summed E-state index contributed by atoms with van der Waals surface area (Å²) in [5.74, 6) is 1.10. The van der Waals surface area contributed by atoms with Crippen LogP contribution >= 0.6 is 11.3 Å². The van der Waals surface area contributed by atoms with Crippen LogP contribution in [0.2, 0.25) is 0 Å². The van der Waals surface area contributed by atoms with Gasteiger partial charge in [0.25, 0.3) is 5.91 Å². The Morgan fingerprint density at radius 1 is 1.29 bits per heavy atom. The van der Waals surface area contributed by atoms with Crippen LogP contribution < -0.4 is 10.1 Å². The summed E-state index contributed by atoms with van der Waals surface area (Å²) in [6.45, 7) is 2.10. The molecule has 0 bridgehead atoms. The Morgan fingerprint density at radius 3 is 2.92 bits per heavy atom. The largest absolute Gasteiger partial charge is 0.465 e. The van der Waals surface area contributed by atoms with Crippen molar-refractivity contribution in [1.29, 1.82) is 0 Å². The predicted octanol–water partition coefficient (Wildman–Crippen LogP) is 2.74. The second kappa shape index (κ2) is 5.61. The number of furan rings is 1. The van der Waals surface area contributed by atoms with Crippen molar-refractivity contribution in [2.75, 3.05) is 0 Å². The molecular formula is C17H13N3O3S. The first-order chi connectivity index (χ1) is 11.6. The van der Waals surface area contributed by atoms with Gasteiger partial charge in [0.2, 0.25) is 4.74 Å². The van der Waals surface area contributed by atoms with E-state index in [9.17, 15) is 9.59 Å². The Morgan fingerprint density at radius 2 is 2.12 bits per heavy atom. The summed E-state index contributed by atoms with van der Waals surface area (Å²) in [6, 6.07) is 12.5. The Labute approximate surface area is 140 Å². The second-order valence-corrected chi connectivity index (χ2v) is 6.34. The lowest BCUT2D eigenvalue weighted by Gasteiger charge is -2.06. The van der Waals surface area contributed by atoms with Gasteiger partial charge in [-0.05, 0) is 31.2 Å². The van der Waals surface area contributed by atoms with Gasteiger partial charge in [0, 0.05) is 6.07 Å². The minimum atomic E-state index is -0.345. The number of aryl methyl sites for hydroxylation is 1. The summed E-state index contributed by atoms with van der Waals surface area (Å²) < 4.78 is 6.94. The summed E-state index contributed by atoms with van der Waals surface area (Å²) in [7, 11) is 0. The second-order valence-electron chi connectivity index (χ2n) is 5.36. The van der Waals surface area contributed by atoms with Crippen molar-refractivity contribution in [3.8, 4) is 0 Å². The van der Waals surface area contributed by atoms with E-state index in [2.05, 4.69) is 10.3 Å². The number of para-hydroxylation sites is 2. The van der Waals surface area contributed by atoms with Gasteiger partial charge in [0.15, 0.2) is 4.96 Å². The Balaban J connectivity index is 1.77. The Kier molecular flexibility index (Phi) is 3.42. The fourth-order valence-electron chi connectivity index (χ4n) is 2.61. The molecule has 0 fully saturated rings. The molecule has 1 amide bonds. The van der Waals surface area contributed by atoms with Gasteiger partial charge in [-0.25, -0.2) is 4.98 Å². The van der Waals surface area contributed by atoms with Gasteiger partial charge in [-0.3, -0.25) is 14.0 Å². The van der Waals surface area contributed by atoms with E-state index >= 15 is 0 Å². The molecule has 1 aromatic carbocycles. The molecule has 0 saturated heterocycles. The number of carbonyl (C=O) groups excluding carboxylic acids is 1. The normalized spacial score (nSPS) is 11.2. The molecule has 0 aliphatic rings. The van der Waals surface area contributed by atoms with E-state index in [0.717, 1.165) is 28.1 Å². The first-order valence-electron chi connectivity index (χ1n) is 7.37. The number of nitrogens with one attached hydrogen (secondary N) is 1. The molecular weight excluding hydrogens is 326 g/mol. The van der Waals surface area contributed by atoms with Crippen LogP contribution in [0.5, 0.6) is 0 Å². The van der Waals surface area contributed by atoms with E-state index in [4.69, 9.17) is 4.42 Å². The molecule has 0 aliphatic carbocycles. The van der Waals surface area contributed by atoms with Crippen molar-refractivity contribution in [3.63, 3.8) is 0 Å². The van der Waals surface area contributed by atoms with Crippen LogP contribution in [0.15, 0.2) is 51.7 Å². The Bertz CT molecular complexity index is 1120. The minimum Gasteiger partial charge on any atom is -0.465 e. The van der Waals surface area contributed by atoms with Gasteiger partial charge in [-0.1, -0.05) is 23.5 Å². The maximum Gasteiger partial charge on any atom is 0.268 e. The van der Waals surface area contributed by atoms with Gasteiger partial charge in [0.05, 0.1) is 17.6 Å². The van der Waals surface area contributed by atoms with Gasteiger partial charge in [-0.15, -0.1) is 0 Å². The minimum absolute atomic E-state index is 0.211. The molecule has 0 spiro atoms. The van der Waals surface area contributed by atoms with Crippen molar-refractivity contribution in [2.24, 2.45) is 0 Å². The number of imidazole rings is 1. The van der Waals surface area contributed by atoms with Crippen LogP contribution in [-0.4, -0.2) is 15.3 Å². The van der Waals surface area contributed by atoms with E-state index < -0.39 is 0 Å². The molecule has 0 aliphatic heterocycles. The number of hydrogen-bond acceptors (Lipinski definition) is 5. The van der Waals surface area contributed by atoms with Crippen molar-refractivity contribution < 1.29 is 9.21 Å². The number of benzene rings is 1. The predicted molar refractivity (Wildman–Crippen MR) is 91.5 cm³/mol. The summed E-state index contributed by atoms with van der Waals surface area (Å²) in [4.78, 5) is 29.5. The lowest BCUT2D eigenvalue weighted by Crippen LogP contribution is -2.25. The maximum absolute atomic E-state index is 12.6. The summed E-state index contributed by atoms with van der Waals surface area (Å²) in [5.41, 5.74) is 1.81. The van der Waals surface area contributed by atoms with Crippen LogP contribution in [0.25, 0.3) is 16.0 Å². The smallest absolute Gasteiger partial charge is 0.268 e. The molecule has 0 saturated carbocycles. The highest BCUT2D eigenvalue weighted by atomic mass is 32.1. The quantitative estimate of drug-likeness (QED) is 0.623. The van der Waals surface area contributed by atoms with Crippen LogP contribution in [0.1, 0.15) is 22.0 Å². The van der Waals surface area contributed by atoms with Gasteiger partial charge in [-0.2, -0.15) is 0 Å². The number of fused-ring (bicyclic) bond motifs is 3. The Hall–Kier alpha value is -2.93. The highest BCUT2D eigenvalue weighted by Crippen LogP contribution is 2.19. The number of hydrogen-bond donors (Lipinski definition) is 1. The van der Waals surface area contributed by atoms with Crippen LogP contribution in [0, 0.1) is 6.92 Å². The van der Waals surface area contributed by atoms with E-state index in [0.29, 0.717) is 10.7 Å². The van der Waals surface area contributed by atoms with Crippen molar-refractivity contribution >= 4 is 33.2 Å². The summed E-state index contributed by atoms with van der Waals surface area (Å²) in [6.07, 6.45) is 0. The van der Waals surface area contributed by atoms with Crippen molar-refractivity contribution in [3.05, 3.63) is 69.2 Å². The zero-order chi connectivity index (χ0) is 16.7. The molecule has 1 N–H and O–H groups in total. The first kappa shape index (κ1) is 14.6. The van der Waals surface area contributed by atoms with Gasteiger partial charge >= 0.3 is 0 Å². The van der Waals surface area contributed by atoms with E-state index in [-0.39, 0.29) is 22.9 Å².